The quantitative estimate of drug-likeness (QED) is 0.146. The Kier molecular flexibility index (Phi) is 10.7. The molecule has 1 saturated carbocycles. The number of carbonyl (C=O) groups is 2. The zero-order chi connectivity index (χ0) is 38.9. The summed E-state index contributed by atoms with van der Waals surface area (Å²) < 4.78 is 36.1. The average molecular weight is 777 g/mol. The van der Waals surface area contributed by atoms with Crippen LogP contribution in [0.25, 0.3) is 21.3 Å². The Morgan fingerprint density at radius 3 is 2.47 bits per heavy atom. The number of sulfonamides is 1. The molecule has 3 heterocycles. The number of rotatable bonds is 9. The second-order valence-electron chi connectivity index (χ2n) is 14.9. The fraction of sp³-hybridized carbons (Fsp3) is 0.357. The summed E-state index contributed by atoms with van der Waals surface area (Å²) in [7, 11) is -3.75. The molecule has 2 aliphatic rings. The Morgan fingerprint density at radius 1 is 0.982 bits per heavy atom. The van der Waals surface area contributed by atoms with Crippen molar-refractivity contribution < 1.29 is 22.7 Å². The summed E-state index contributed by atoms with van der Waals surface area (Å²) in [5, 5.41) is 13.6. The van der Waals surface area contributed by atoms with Crippen LogP contribution in [0.5, 0.6) is 0 Å². The van der Waals surface area contributed by atoms with Crippen molar-refractivity contribution in [2.45, 2.75) is 83.6 Å². The van der Waals surface area contributed by atoms with Crippen molar-refractivity contribution >= 4 is 60.1 Å². The lowest BCUT2D eigenvalue weighted by molar-refractivity contribution is 0.00637. The van der Waals surface area contributed by atoms with Gasteiger partial charge in [-0.25, -0.2) is 23.2 Å². The summed E-state index contributed by atoms with van der Waals surface area (Å²) in [5.41, 5.74) is 3.58. The minimum Gasteiger partial charge on any atom is -0.455 e. The summed E-state index contributed by atoms with van der Waals surface area (Å²) in [6, 6.07) is 24.3. The summed E-state index contributed by atoms with van der Waals surface area (Å²) in [4.78, 5) is 39.1. The van der Waals surface area contributed by atoms with Crippen LogP contribution in [-0.4, -0.2) is 54.2 Å². The van der Waals surface area contributed by atoms with Gasteiger partial charge in [0.2, 0.25) is 10.0 Å². The van der Waals surface area contributed by atoms with Crippen LogP contribution in [0, 0.1) is 11.3 Å². The van der Waals surface area contributed by atoms with Crippen molar-refractivity contribution in [3.63, 3.8) is 0 Å². The van der Waals surface area contributed by atoms with Crippen LogP contribution < -0.4 is 14.5 Å². The van der Waals surface area contributed by atoms with Gasteiger partial charge in [-0.05, 0) is 94.5 Å². The van der Waals surface area contributed by atoms with Gasteiger partial charge in [0.1, 0.15) is 17.5 Å². The number of carbonyl (C=O) groups excluding carboxylic acids is 2. The number of pyridine rings is 1. The molecule has 0 unspecified atom stereocenters. The molecule has 1 amide bonds. The van der Waals surface area contributed by atoms with Crippen molar-refractivity contribution in [2.24, 2.45) is 0 Å². The van der Waals surface area contributed by atoms with Crippen LogP contribution in [0.4, 0.5) is 16.6 Å². The predicted molar refractivity (Wildman–Crippen MR) is 217 cm³/mol. The smallest absolute Gasteiger partial charge is 0.358 e. The third-order valence-electron chi connectivity index (χ3n) is 10.1. The molecule has 3 aromatic carbocycles. The number of benzene rings is 3. The zero-order valence-electron chi connectivity index (χ0n) is 31.5. The highest BCUT2D eigenvalue weighted by Gasteiger charge is 2.35. The molecule has 55 heavy (non-hydrogen) atoms. The number of anilines is 3. The van der Waals surface area contributed by atoms with Crippen LogP contribution in [0.15, 0.2) is 72.8 Å². The van der Waals surface area contributed by atoms with E-state index in [1.165, 1.54) is 15.6 Å². The first kappa shape index (κ1) is 38.0. The molecular weight excluding hydrogens is 733 g/mol. The van der Waals surface area contributed by atoms with E-state index in [0.29, 0.717) is 60.0 Å². The van der Waals surface area contributed by atoms with Gasteiger partial charge in [-0.2, -0.15) is 5.26 Å². The zero-order valence-corrected chi connectivity index (χ0v) is 33.1. The number of nitriles is 1. The topological polar surface area (TPSA) is 146 Å². The molecule has 5 aromatic rings. The lowest BCUT2D eigenvalue weighted by Crippen LogP contribution is -2.40. The van der Waals surface area contributed by atoms with Gasteiger partial charge in [-0.15, -0.1) is 0 Å². The van der Waals surface area contributed by atoms with Gasteiger partial charge in [0.25, 0.3) is 5.91 Å². The molecule has 0 radical (unpaired) electrons. The average Bonchev–Trinajstić information content (AvgIpc) is 3.59. The number of nitrogens with one attached hydrogen (secondary N) is 1. The number of hydrogen-bond donors (Lipinski definition) is 1. The number of hydrogen-bond acceptors (Lipinski definition) is 10. The van der Waals surface area contributed by atoms with Gasteiger partial charge in [0, 0.05) is 36.3 Å². The summed E-state index contributed by atoms with van der Waals surface area (Å²) in [5.74, 6) is -0.429. The van der Waals surface area contributed by atoms with E-state index in [2.05, 4.69) is 16.4 Å². The maximum atomic E-state index is 14.0. The Bertz CT molecular complexity index is 2390. The minimum absolute atomic E-state index is 0.00641. The van der Waals surface area contributed by atoms with Gasteiger partial charge >= 0.3 is 5.97 Å². The molecule has 0 saturated heterocycles. The van der Waals surface area contributed by atoms with E-state index in [9.17, 15) is 23.3 Å². The molecule has 11 nitrogen and oxygen atoms in total. The molecule has 13 heteroatoms. The van der Waals surface area contributed by atoms with Crippen LogP contribution in [0.2, 0.25) is 0 Å². The Hall–Kier alpha value is -5.32. The van der Waals surface area contributed by atoms with E-state index in [0.717, 1.165) is 40.6 Å². The normalized spacial score (nSPS) is 14.9. The highest BCUT2D eigenvalue weighted by atomic mass is 32.2. The lowest BCUT2D eigenvalue weighted by atomic mass is 9.94. The monoisotopic (exact) mass is 776 g/mol. The van der Waals surface area contributed by atoms with E-state index in [4.69, 9.17) is 9.72 Å². The van der Waals surface area contributed by atoms with E-state index in [1.54, 1.807) is 64.1 Å². The number of amides is 1. The van der Waals surface area contributed by atoms with Crippen LogP contribution >= 0.6 is 11.3 Å². The van der Waals surface area contributed by atoms with Gasteiger partial charge in [-0.1, -0.05) is 67.0 Å². The third-order valence-corrected chi connectivity index (χ3v) is 13.4. The standard InChI is InChI=1S/C42H44N6O5S2/c1-5-48(55(51,52)28-14-7-6-8-15-28)35-19-12-16-29(32(35)25-43)30-21-22-37(45-38(30)40(50)53-42(2,3)4)47-24-23-27-13-11-17-31(33(27)26-47)39(49)46-41-44-34-18-9-10-20-36(34)54-41/h9-13,16-22,28H,5-8,14-15,23-24,26H2,1-4H3,(H,44,46,49). The van der Waals surface area contributed by atoms with E-state index >= 15 is 0 Å². The van der Waals surface area contributed by atoms with Crippen molar-refractivity contribution in [3.05, 3.63) is 101 Å². The van der Waals surface area contributed by atoms with Crippen LogP contribution in [-0.2, 0) is 27.7 Å². The maximum absolute atomic E-state index is 14.0. The first-order valence-corrected chi connectivity index (χ1v) is 21.0. The molecule has 0 bridgehead atoms. The minimum atomic E-state index is -3.75. The molecule has 284 valence electrons. The Morgan fingerprint density at radius 2 is 1.75 bits per heavy atom. The molecule has 1 N–H and O–H groups in total. The molecule has 0 atom stereocenters. The summed E-state index contributed by atoms with van der Waals surface area (Å²) in [6.07, 6.45) is 4.54. The number of aromatic nitrogens is 2. The number of ether oxygens (including phenoxy) is 1. The number of esters is 1. The van der Waals surface area contributed by atoms with Gasteiger partial charge < -0.3 is 9.64 Å². The van der Waals surface area contributed by atoms with Crippen LogP contribution in [0.1, 0.15) is 97.3 Å². The maximum Gasteiger partial charge on any atom is 0.358 e. The fourth-order valence-electron chi connectivity index (χ4n) is 7.52. The highest BCUT2D eigenvalue weighted by Crippen LogP contribution is 2.38. The number of para-hydroxylation sites is 1. The SMILES string of the molecule is CCN(c1cccc(-c2ccc(N3CCc4cccc(C(=O)Nc5nc6ccccc6s5)c4C3)nc2C(=O)OC(C)(C)C)c1C#N)S(=O)(=O)C1CCCCC1. The molecule has 1 aliphatic heterocycles. The first-order valence-electron chi connectivity index (χ1n) is 18.7. The van der Waals surface area contributed by atoms with E-state index < -0.39 is 26.8 Å². The number of nitrogens with zero attached hydrogens (tertiary/aromatic N) is 5. The second-order valence-corrected chi connectivity index (χ2v) is 18.1. The van der Waals surface area contributed by atoms with Crippen molar-refractivity contribution in [3.8, 4) is 17.2 Å². The van der Waals surface area contributed by atoms with Crippen LogP contribution in [0.3, 0.4) is 0 Å². The fourth-order valence-corrected chi connectivity index (χ4v) is 10.5. The highest BCUT2D eigenvalue weighted by molar-refractivity contribution is 7.93. The van der Waals surface area contributed by atoms with Gasteiger partial charge in [0.15, 0.2) is 10.8 Å². The molecule has 1 aliphatic carbocycles. The Balaban J connectivity index is 1.24. The largest absolute Gasteiger partial charge is 0.455 e. The third kappa shape index (κ3) is 7.79. The Labute approximate surface area is 326 Å². The van der Waals surface area contributed by atoms with Crippen molar-refractivity contribution in [1.82, 2.24) is 9.97 Å². The predicted octanol–water partition coefficient (Wildman–Crippen LogP) is 8.49. The van der Waals surface area contributed by atoms with Crippen molar-refractivity contribution in [2.75, 3.05) is 27.6 Å². The summed E-state index contributed by atoms with van der Waals surface area (Å²) >= 11 is 1.42. The number of fused-ring (bicyclic) bond motifs is 2. The molecule has 0 spiro atoms. The lowest BCUT2D eigenvalue weighted by Gasteiger charge is -2.32. The molecule has 2 aromatic heterocycles. The molecular formula is C42H44N6O5S2. The summed E-state index contributed by atoms with van der Waals surface area (Å²) in [6.45, 7) is 8.18. The molecule has 1 fully saturated rings. The van der Waals surface area contributed by atoms with E-state index in [-0.39, 0.29) is 29.4 Å². The first-order chi connectivity index (χ1) is 26.4. The van der Waals surface area contributed by atoms with Crippen molar-refractivity contribution in [1.29, 1.82) is 5.26 Å². The number of thiazole rings is 1. The molecule has 7 rings (SSSR count). The van der Waals surface area contributed by atoms with Gasteiger partial charge in [0.05, 0.1) is 26.7 Å². The second kappa shape index (κ2) is 15.4. The van der Waals surface area contributed by atoms with E-state index in [1.807, 2.05) is 41.3 Å². The van der Waals surface area contributed by atoms with Gasteiger partial charge in [-0.3, -0.25) is 14.4 Å².